The average molecular weight is 405 g/mol. The standard InChI is InChI=1S/C17H13BrN2OS2/c1-22-12-8-6-11(7-9-12)15-10-23-17(19-15)20-16(21)13-4-2-3-5-14(13)18/h2-10H,1H3,(H,19,20,21). The van der Waals surface area contributed by atoms with Gasteiger partial charge in [0, 0.05) is 20.3 Å². The Labute approximate surface area is 151 Å². The number of aromatic nitrogens is 1. The summed E-state index contributed by atoms with van der Waals surface area (Å²) in [5.74, 6) is -0.170. The number of carbonyl (C=O) groups is 1. The van der Waals surface area contributed by atoms with Gasteiger partial charge in [0.1, 0.15) is 0 Å². The van der Waals surface area contributed by atoms with Crippen LogP contribution in [0, 0.1) is 0 Å². The van der Waals surface area contributed by atoms with Crippen LogP contribution >= 0.6 is 39.0 Å². The van der Waals surface area contributed by atoms with Crippen LogP contribution in [0.1, 0.15) is 10.4 Å². The number of thioether (sulfide) groups is 1. The normalized spacial score (nSPS) is 10.5. The first-order chi connectivity index (χ1) is 11.2. The molecule has 0 radical (unpaired) electrons. The first-order valence-electron chi connectivity index (χ1n) is 6.83. The van der Waals surface area contributed by atoms with Gasteiger partial charge in [-0.15, -0.1) is 23.1 Å². The van der Waals surface area contributed by atoms with Gasteiger partial charge in [-0.25, -0.2) is 4.98 Å². The fourth-order valence-electron chi connectivity index (χ4n) is 2.04. The summed E-state index contributed by atoms with van der Waals surface area (Å²) in [6.45, 7) is 0. The molecular formula is C17H13BrN2OS2. The molecule has 23 heavy (non-hydrogen) atoms. The number of benzene rings is 2. The molecular weight excluding hydrogens is 392 g/mol. The minimum Gasteiger partial charge on any atom is -0.298 e. The summed E-state index contributed by atoms with van der Waals surface area (Å²) < 4.78 is 0.766. The van der Waals surface area contributed by atoms with Crippen LogP contribution in [-0.2, 0) is 0 Å². The van der Waals surface area contributed by atoms with Gasteiger partial charge in [0.15, 0.2) is 5.13 Å². The van der Waals surface area contributed by atoms with E-state index in [9.17, 15) is 4.79 Å². The summed E-state index contributed by atoms with van der Waals surface area (Å²) >= 11 is 6.51. The van der Waals surface area contributed by atoms with Gasteiger partial charge in [-0.05, 0) is 46.5 Å². The van der Waals surface area contributed by atoms with Crippen molar-refractivity contribution in [3.8, 4) is 11.3 Å². The van der Waals surface area contributed by atoms with Crippen molar-refractivity contribution < 1.29 is 4.79 Å². The highest BCUT2D eigenvalue weighted by molar-refractivity contribution is 9.10. The molecule has 0 saturated heterocycles. The van der Waals surface area contributed by atoms with Crippen molar-refractivity contribution in [1.29, 1.82) is 0 Å². The zero-order valence-corrected chi connectivity index (χ0v) is 15.5. The number of rotatable bonds is 4. The molecule has 2 aromatic carbocycles. The number of anilines is 1. The number of halogens is 1. The molecule has 0 fully saturated rings. The summed E-state index contributed by atoms with van der Waals surface area (Å²) in [5.41, 5.74) is 2.50. The van der Waals surface area contributed by atoms with Crippen LogP contribution in [0.4, 0.5) is 5.13 Å². The fraction of sp³-hybridized carbons (Fsp3) is 0.0588. The number of carbonyl (C=O) groups excluding carboxylic acids is 1. The van der Waals surface area contributed by atoms with Crippen molar-refractivity contribution in [1.82, 2.24) is 4.98 Å². The maximum Gasteiger partial charge on any atom is 0.258 e. The lowest BCUT2D eigenvalue weighted by Crippen LogP contribution is -2.12. The number of nitrogens with zero attached hydrogens (tertiary/aromatic N) is 1. The van der Waals surface area contributed by atoms with Crippen molar-refractivity contribution in [3.05, 3.63) is 63.9 Å². The SMILES string of the molecule is CSc1ccc(-c2csc(NC(=O)c3ccccc3Br)n2)cc1. The average Bonchev–Trinajstić information content (AvgIpc) is 3.03. The third-order valence-electron chi connectivity index (χ3n) is 3.23. The molecule has 3 rings (SSSR count). The zero-order valence-electron chi connectivity index (χ0n) is 12.2. The molecule has 1 heterocycles. The predicted octanol–water partition coefficient (Wildman–Crippen LogP) is 5.55. The molecule has 116 valence electrons. The van der Waals surface area contributed by atoms with Gasteiger partial charge in [0.2, 0.25) is 0 Å². The lowest BCUT2D eigenvalue weighted by molar-refractivity contribution is 0.102. The van der Waals surface area contributed by atoms with E-state index in [-0.39, 0.29) is 5.91 Å². The summed E-state index contributed by atoms with van der Waals surface area (Å²) in [5, 5.41) is 5.39. The highest BCUT2D eigenvalue weighted by atomic mass is 79.9. The van der Waals surface area contributed by atoms with E-state index in [2.05, 4.69) is 38.4 Å². The van der Waals surface area contributed by atoms with E-state index in [0.717, 1.165) is 15.7 Å². The lowest BCUT2D eigenvalue weighted by Gasteiger charge is -2.03. The maximum absolute atomic E-state index is 12.3. The van der Waals surface area contributed by atoms with Crippen LogP contribution < -0.4 is 5.32 Å². The van der Waals surface area contributed by atoms with Crippen molar-refractivity contribution in [2.24, 2.45) is 0 Å². The van der Waals surface area contributed by atoms with Crippen molar-refractivity contribution in [3.63, 3.8) is 0 Å². The molecule has 3 aromatic rings. The molecule has 3 nitrogen and oxygen atoms in total. The second kappa shape index (κ2) is 7.29. The quantitative estimate of drug-likeness (QED) is 0.579. The summed E-state index contributed by atoms with van der Waals surface area (Å²) in [6.07, 6.45) is 2.05. The number of nitrogens with one attached hydrogen (secondary N) is 1. The van der Waals surface area contributed by atoms with E-state index < -0.39 is 0 Å². The van der Waals surface area contributed by atoms with Crippen molar-refractivity contribution in [2.75, 3.05) is 11.6 Å². The molecule has 0 spiro atoms. The van der Waals surface area contributed by atoms with E-state index in [1.807, 2.05) is 42.0 Å². The van der Waals surface area contributed by atoms with E-state index in [0.29, 0.717) is 10.7 Å². The first kappa shape index (κ1) is 16.2. The molecule has 6 heteroatoms. The second-order valence-electron chi connectivity index (χ2n) is 4.70. The molecule has 0 bridgehead atoms. The van der Waals surface area contributed by atoms with Gasteiger partial charge >= 0.3 is 0 Å². The molecule has 0 unspecified atom stereocenters. The summed E-state index contributed by atoms with van der Waals surface area (Å²) in [4.78, 5) is 18.0. The highest BCUT2D eigenvalue weighted by Gasteiger charge is 2.12. The molecule has 0 aliphatic rings. The minimum atomic E-state index is -0.170. The Balaban J connectivity index is 1.76. The van der Waals surface area contributed by atoms with E-state index in [4.69, 9.17) is 0 Å². The second-order valence-corrected chi connectivity index (χ2v) is 7.29. The Bertz CT molecular complexity index is 831. The minimum absolute atomic E-state index is 0.170. The molecule has 1 aromatic heterocycles. The van der Waals surface area contributed by atoms with Gasteiger partial charge in [0.25, 0.3) is 5.91 Å². The summed E-state index contributed by atoms with van der Waals surface area (Å²) in [7, 11) is 0. The van der Waals surface area contributed by atoms with Crippen molar-refractivity contribution >= 4 is 50.1 Å². The predicted molar refractivity (Wildman–Crippen MR) is 101 cm³/mol. The molecule has 1 amide bonds. The highest BCUT2D eigenvalue weighted by Crippen LogP contribution is 2.27. The van der Waals surface area contributed by atoms with Crippen LogP contribution in [-0.4, -0.2) is 17.1 Å². The lowest BCUT2D eigenvalue weighted by atomic mass is 10.2. The first-order valence-corrected chi connectivity index (χ1v) is 9.73. The number of hydrogen-bond acceptors (Lipinski definition) is 4. The third kappa shape index (κ3) is 3.83. The maximum atomic E-state index is 12.3. The monoisotopic (exact) mass is 404 g/mol. The Hall–Kier alpha value is -1.63. The Morgan fingerprint density at radius 3 is 2.61 bits per heavy atom. The van der Waals surface area contributed by atoms with Crippen LogP contribution in [0.3, 0.4) is 0 Å². The third-order valence-corrected chi connectivity index (χ3v) is 5.42. The molecule has 1 N–H and O–H groups in total. The van der Waals surface area contributed by atoms with Gasteiger partial charge in [-0.1, -0.05) is 24.3 Å². The largest absolute Gasteiger partial charge is 0.298 e. The number of hydrogen-bond donors (Lipinski definition) is 1. The zero-order chi connectivity index (χ0) is 16.2. The molecule has 0 atom stereocenters. The van der Waals surface area contributed by atoms with Gasteiger partial charge in [-0.2, -0.15) is 0 Å². The Morgan fingerprint density at radius 1 is 1.17 bits per heavy atom. The fourth-order valence-corrected chi connectivity index (χ4v) is 3.62. The van der Waals surface area contributed by atoms with Crippen LogP contribution in [0.2, 0.25) is 0 Å². The number of amides is 1. The Morgan fingerprint density at radius 2 is 1.91 bits per heavy atom. The smallest absolute Gasteiger partial charge is 0.258 e. The van der Waals surface area contributed by atoms with Gasteiger partial charge < -0.3 is 0 Å². The topological polar surface area (TPSA) is 42.0 Å². The molecule has 0 aliphatic heterocycles. The van der Waals surface area contributed by atoms with E-state index >= 15 is 0 Å². The van der Waals surface area contributed by atoms with E-state index in [1.54, 1.807) is 17.8 Å². The molecule has 0 aliphatic carbocycles. The van der Waals surface area contributed by atoms with Crippen LogP contribution in [0.15, 0.2) is 63.3 Å². The molecule has 0 saturated carbocycles. The Kier molecular flexibility index (Phi) is 5.15. The van der Waals surface area contributed by atoms with Crippen LogP contribution in [0.5, 0.6) is 0 Å². The van der Waals surface area contributed by atoms with E-state index in [1.165, 1.54) is 16.2 Å². The number of thiazole rings is 1. The van der Waals surface area contributed by atoms with Crippen LogP contribution in [0.25, 0.3) is 11.3 Å². The van der Waals surface area contributed by atoms with Crippen molar-refractivity contribution in [2.45, 2.75) is 4.90 Å². The summed E-state index contributed by atoms with van der Waals surface area (Å²) in [6, 6.07) is 15.5. The van der Waals surface area contributed by atoms with Gasteiger partial charge in [-0.3, -0.25) is 10.1 Å². The van der Waals surface area contributed by atoms with Gasteiger partial charge in [0.05, 0.1) is 11.3 Å².